The van der Waals surface area contributed by atoms with E-state index in [9.17, 15) is 0 Å². The predicted octanol–water partition coefficient (Wildman–Crippen LogP) is 2.11. The van der Waals surface area contributed by atoms with Crippen LogP contribution in [0.25, 0.3) is 11.4 Å². The molecule has 98 valence electrons. The molecule has 0 spiro atoms. The molecule has 0 amide bonds. The molecule has 1 aromatic carbocycles. The number of nitrogens with one attached hydrogen (secondary N) is 1. The van der Waals surface area contributed by atoms with Crippen LogP contribution in [-0.2, 0) is 13.0 Å². The highest BCUT2D eigenvalue weighted by molar-refractivity contribution is 5.57. The van der Waals surface area contributed by atoms with Gasteiger partial charge in [0.2, 0.25) is 5.88 Å². The number of nitrogens with zero attached hydrogens (tertiary/aromatic N) is 2. The smallest absolute Gasteiger partial charge is 0.221 e. The first-order valence-corrected chi connectivity index (χ1v) is 6.49. The molecular formula is C15H17N3O. The van der Waals surface area contributed by atoms with Crippen LogP contribution in [0.4, 0.5) is 0 Å². The van der Waals surface area contributed by atoms with Crippen LogP contribution in [0, 0.1) is 6.92 Å². The van der Waals surface area contributed by atoms with Crippen molar-refractivity contribution in [3.8, 4) is 17.3 Å². The second kappa shape index (κ2) is 4.97. The first-order chi connectivity index (χ1) is 9.28. The zero-order valence-corrected chi connectivity index (χ0v) is 11.2. The Kier molecular flexibility index (Phi) is 3.17. The van der Waals surface area contributed by atoms with Crippen LogP contribution in [0.5, 0.6) is 5.88 Å². The van der Waals surface area contributed by atoms with Crippen molar-refractivity contribution in [3.63, 3.8) is 0 Å². The van der Waals surface area contributed by atoms with Gasteiger partial charge in [0, 0.05) is 30.6 Å². The van der Waals surface area contributed by atoms with Crippen molar-refractivity contribution in [2.75, 3.05) is 13.7 Å². The summed E-state index contributed by atoms with van der Waals surface area (Å²) in [6.45, 7) is 3.82. The van der Waals surface area contributed by atoms with Crippen molar-refractivity contribution >= 4 is 0 Å². The molecule has 1 aliphatic heterocycles. The SMILES string of the molecule is COc1nc(-c2cccc(C)c2)nc2c1CNCC2. The normalized spacial score (nSPS) is 14.0. The second-order valence-corrected chi connectivity index (χ2v) is 4.78. The lowest BCUT2D eigenvalue weighted by Crippen LogP contribution is -2.25. The summed E-state index contributed by atoms with van der Waals surface area (Å²) < 4.78 is 5.41. The fourth-order valence-electron chi connectivity index (χ4n) is 2.39. The molecule has 19 heavy (non-hydrogen) atoms. The topological polar surface area (TPSA) is 47.0 Å². The molecule has 0 bridgehead atoms. The molecule has 0 fully saturated rings. The summed E-state index contributed by atoms with van der Waals surface area (Å²) in [4.78, 5) is 9.24. The molecule has 1 aliphatic rings. The van der Waals surface area contributed by atoms with Gasteiger partial charge in [0.25, 0.3) is 0 Å². The molecular weight excluding hydrogens is 238 g/mol. The minimum atomic E-state index is 0.689. The van der Waals surface area contributed by atoms with Gasteiger partial charge in [0.15, 0.2) is 5.82 Å². The van der Waals surface area contributed by atoms with E-state index in [1.807, 2.05) is 12.1 Å². The zero-order valence-electron chi connectivity index (χ0n) is 11.2. The van der Waals surface area contributed by atoms with Crippen LogP contribution >= 0.6 is 0 Å². The average molecular weight is 255 g/mol. The Balaban J connectivity index is 2.12. The molecule has 0 radical (unpaired) electrons. The zero-order chi connectivity index (χ0) is 13.2. The summed E-state index contributed by atoms with van der Waals surface area (Å²) in [6, 6.07) is 8.24. The van der Waals surface area contributed by atoms with Gasteiger partial charge in [-0.25, -0.2) is 4.98 Å². The number of rotatable bonds is 2. The maximum atomic E-state index is 5.41. The van der Waals surface area contributed by atoms with Crippen molar-refractivity contribution in [1.29, 1.82) is 0 Å². The Labute approximate surface area is 112 Å². The lowest BCUT2D eigenvalue weighted by atomic mass is 10.1. The van der Waals surface area contributed by atoms with Crippen molar-refractivity contribution in [3.05, 3.63) is 41.1 Å². The number of hydrogen-bond donors (Lipinski definition) is 1. The molecule has 0 atom stereocenters. The number of fused-ring (bicyclic) bond motifs is 1. The number of methoxy groups -OCH3 is 1. The summed E-state index contributed by atoms with van der Waals surface area (Å²) in [5, 5.41) is 3.32. The number of aryl methyl sites for hydroxylation is 1. The highest BCUT2D eigenvalue weighted by Crippen LogP contribution is 2.26. The van der Waals surface area contributed by atoms with Gasteiger partial charge in [0.1, 0.15) is 0 Å². The second-order valence-electron chi connectivity index (χ2n) is 4.78. The fraction of sp³-hybridized carbons (Fsp3) is 0.333. The molecule has 0 saturated carbocycles. The van der Waals surface area contributed by atoms with E-state index in [2.05, 4.69) is 29.4 Å². The van der Waals surface area contributed by atoms with E-state index in [1.165, 1.54) is 5.56 Å². The van der Waals surface area contributed by atoms with Crippen LogP contribution in [0.15, 0.2) is 24.3 Å². The predicted molar refractivity (Wildman–Crippen MR) is 74.2 cm³/mol. The third-order valence-corrected chi connectivity index (χ3v) is 3.36. The molecule has 4 heteroatoms. The van der Waals surface area contributed by atoms with Crippen molar-refractivity contribution in [1.82, 2.24) is 15.3 Å². The van der Waals surface area contributed by atoms with E-state index < -0.39 is 0 Å². The summed E-state index contributed by atoms with van der Waals surface area (Å²) in [7, 11) is 1.66. The highest BCUT2D eigenvalue weighted by atomic mass is 16.5. The van der Waals surface area contributed by atoms with Crippen molar-refractivity contribution in [2.45, 2.75) is 19.9 Å². The summed E-state index contributed by atoms with van der Waals surface area (Å²) in [5.41, 5.74) is 4.44. The van der Waals surface area contributed by atoms with Crippen LogP contribution in [0.3, 0.4) is 0 Å². The Bertz CT molecular complexity index is 593. The molecule has 4 nitrogen and oxygen atoms in total. The lowest BCUT2D eigenvalue weighted by molar-refractivity contribution is 0.386. The standard InChI is InChI=1S/C15H17N3O/c1-10-4-3-5-11(8-10)14-17-13-6-7-16-9-12(13)15(18-14)19-2/h3-5,8,16H,6-7,9H2,1-2H3. The summed E-state index contributed by atoms with van der Waals surface area (Å²) >= 11 is 0. The average Bonchev–Trinajstić information content (AvgIpc) is 2.46. The minimum Gasteiger partial charge on any atom is -0.481 e. The number of aromatic nitrogens is 2. The highest BCUT2D eigenvalue weighted by Gasteiger charge is 2.18. The molecule has 0 saturated heterocycles. The van der Waals surface area contributed by atoms with Crippen LogP contribution in [-0.4, -0.2) is 23.6 Å². The number of benzene rings is 1. The Morgan fingerprint density at radius 1 is 1.26 bits per heavy atom. The van der Waals surface area contributed by atoms with Gasteiger partial charge in [-0.05, 0) is 13.0 Å². The van der Waals surface area contributed by atoms with Crippen LogP contribution in [0.2, 0.25) is 0 Å². The van der Waals surface area contributed by atoms with E-state index >= 15 is 0 Å². The number of ether oxygens (including phenoxy) is 1. The quantitative estimate of drug-likeness (QED) is 0.892. The first-order valence-electron chi connectivity index (χ1n) is 6.49. The maximum absolute atomic E-state index is 5.41. The van der Waals surface area contributed by atoms with E-state index in [4.69, 9.17) is 9.72 Å². The van der Waals surface area contributed by atoms with E-state index in [0.29, 0.717) is 5.88 Å². The summed E-state index contributed by atoms with van der Waals surface area (Å²) in [5.74, 6) is 1.44. The van der Waals surface area contributed by atoms with Gasteiger partial charge in [-0.1, -0.05) is 23.8 Å². The fourth-order valence-corrected chi connectivity index (χ4v) is 2.39. The molecule has 0 aliphatic carbocycles. The largest absolute Gasteiger partial charge is 0.481 e. The van der Waals surface area contributed by atoms with E-state index in [1.54, 1.807) is 7.11 Å². The Morgan fingerprint density at radius 2 is 2.16 bits per heavy atom. The summed E-state index contributed by atoms with van der Waals surface area (Å²) in [6.07, 6.45) is 0.924. The Morgan fingerprint density at radius 3 is 2.95 bits per heavy atom. The lowest BCUT2D eigenvalue weighted by Gasteiger charge is -2.19. The molecule has 2 heterocycles. The van der Waals surface area contributed by atoms with Gasteiger partial charge < -0.3 is 10.1 Å². The first kappa shape index (κ1) is 12.1. The maximum Gasteiger partial charge on any atom is 0.221 e. The van der Waals surface area contributed by atoms with Gasteiger partial charge in [-0.2, -0.15) is 4.98 Å². The minimum absolute atomic E-state index is 0.689. The van der Waals surface area contributed by atoms with Gasteiger partial charge in [-0.15, -0.1) is 0 Å². The van der Waals surface area contributed by atoms with Gasteiger partial charge >= 0.3 is 0 Å². The van der Waals surface area contributed by atoms with Gasteiger partial charge in [-0.3, -0.25) is 0 Å². The van der Waals surface area contributed by atoms with Crippen molar-refractivity contribution < 1.29 is 4.74 Å². The molecule has 2 aromatic rings. The molecule has 1 N–H and O–H groups in total. The van der Waals surface area contributed by atoms with Gasteiger partial charge in [0.05, 0.1) is 12.8 Å². The number of hydrogen-bond acceptors (Lipinski definition) is 4. The van der Waals surface area contributed by atoms with E-state index in [0.717, 1.165) is 42.2 Å². The third kappa shape index (κ3) is 2.31. The monoisotopic (exact) mass is 255 g/mol. The Hall–Kier alpha value is -1.94. The van der Waals surface area contributed by atoms with E-state index in [-0.39, 0.29) is 0 Å². The third-order valence-electron chi connectivity index (χ3n) is 3.36. The van der Waals surface area contributed by atoms with Crippen molar-refractivity contribution in [2.24, 2.45) is 0 Å². The molecule has 3 rings (SSSR count). The molecule has 1 aromatic heterocycles. The van der Waals surface area contributed by atoms with Crippen LogP contribution in [0.1, 0.15) is 16.8 Å². The van der Waals surface area contributed by atoms with Crippen LogP contribution < -0.4 is 10.1 Å². The molecule has 0 unspecified atom stereocenters.